The third-order valence-electron chi connectivity index (χ3n) is 4.12. The molecule has 11 heteroatoms. The van der Waals surface area contributed by atoms with Crippen molar-refractivity contribution in [3.8, 4) is 11.6 Å². The van der Waals surface area contributed by atoms with Gasteiger partial charge in [-0.25, -0.2) is 24.7 Å². The molecular formula is C18H17N9O2. The number of carbonyl (C=O) groups is 1. The number of hydrogen-bond donors (Lipinski definition) is 3. The minimum atomic E-state index is -0.546. The zero-order valence-corrected chi connectivity index (χ0v) is 15.4. The number of fused-ring (bicyclic) bond motifs is 1. The maximum absolute atomic E-state index is 12.3. The summed E-state index contributed by atoms with van der Waals surface area (Å²) in [7, 11) is 0. The van der Waals surface area contributed by atoms with Gasteiger partial charge >= 0.3 is 6.03 Å². The fraction of sp³-hybridized carbons (Fsp3) is 0.167. The topological polar surface area (TPSA) is 144 Å². The maximum Gasteiger partial charge on any atom is 0.327 e. The van der Waals surface area contributed by atoms with Gasteiger partial charge in [-0.1, -0.05) is 18.2 Å². The molecular weight excluding hydrogens is 374 g/mol. The molecule has 146 valence electrons. The Balaban J connectivity index is 1.50. The Kier molecular flexibility index (Phi) is 5.03. The monoisotopic (exact) mass is 391 g/mol. The second kappa shape index (κ2) is 7.94. The minimum Gasteiger partial charge on any atom is -0.394 e. The summed E-state index contributed by atoms with van der Waals surface area (Å²) in [5.41, 5.74) is 0.722. The number of rotatable bonds is 5. The van der Waals surface area contributed by atoms with Gasteiger partial charge in [0.25, 0.3) is 0 Å². The summed E-state index contributed by atoms with van der Waals surface area (Å²) in [6, 6.07) is 8.22. The van der Waals surface area contributed by atoms with Gasteiger partial charge in [-0.15, -0.1) is 10.2 Å². The predicted molar refractivity (Wildman–Crippen MR) is 105 cm³/mol. The van der Waals surface area contributed by atoms with E-state index >= 15 is 0 Å². The van der Waals surface area contributed by atoms with Crippen molar-refractivity contribution in [2.75, 3.05) is 17.2 Å². The van der Waals surface area contributed by atoms with E-state index in [0.717, 1.165) is 10.9 Å². The Hall–Kier alpha value is -3.99. The molecule has 0 saturated heterocycles. The van der Waals surface area contributed by atoms with Crippen molar-refractivity contribution in [3.05, 3.63) is 49.1 Å². The number of aromatic nitrogens is 7. The summed E-state index contributed by atoms with van der Waals surface area (Å²) in [6.45, 7) is 1.73. The number of carbonyl (C=O) groups excluding carboxylic acids is 1. The van der Waals surface area contributed by atoms with Gasteiger partial charge in [-0.3, -0.25) is 10.6 Å². The van der Waals surface area contributed by atoms with Crippen LogP contribution in [0.15, 0.2) is 49.1 Å². The minimum absolute atomic E-state index is 0.0862. The number of nitrogens with one attached hydrogen (secondary N) is 2. The van der Waals surface area contributed by atoms with Gasteiger partial charge in [0.1, 0.15) is 12.1 Å². The normalized spacial score (nSPS) is 11.9. The van der Waals surface area contributed by atoms with Crippen molar-refractivity contribution in [1.29, 1.82) is 0 Å². The summed E-state index contributed by atoms with van der Waals surface area (Å²) in [5, 5.41) is 23.3. The molecule has 0 radical (unpaired) electrons. The molecule has 0 spiro atoms. The van der Waals surface area contributed by atoms with Crippen molar-refractivity contribution < 1.29 is 9.90 Å². The van der Waals surface area contributed by atoms with Gasteiger partial charge in [0, 0.05) is 17.8 Å². The molecule has 0 fully saturated rings. The first-order chi connectivity index (χ1) is 14.1. The number of aliphatic hydroxyl groups excluding tert-OH is 1. The molecule has 29 heavy (non-hydrogen) atoms. The van der Waals surface area contributed by atoms with Crippen molar-refractivity contribution in [2.24, 2.45) is 0 Å². The first kappa shape index (κ1) is 18.4. The van der Waals surface area contributed by atoms with Gasteiger partial charge in [0.15, 0.2) is 5.82 Å². The summed E-state index contributed by atoms with van der Waals surface area (Å²) in [4.78, 5) is 29.2. The first-order valence-corrected chi connectivity index (χ1v) is 8.77. The largest absolute Gasteiger partial charge is 0.394 e. The number of hydrogen-bond acceptors (Lipinski definition) is 8. The Morgan fingerprint density at radius 1 is 1.17 bits per heavy atom. The summed E-state index contributed by atoms with van der Waals surface area (Å²) in [5.74, 6) is 1.09. The molecule has 1 unspecified atom stereocenters. The van der Waals surface area contributed by atoms with Crippen molar-refractivity contribution in [2.45, 2.75) is 13.0 Å². The second-order valence-electron chi connectivity index (χ2n) is 6.19. The van der Waals surface area contributed by atoms with E-state index in [1.54, 1.807) is 16.8 Å². The van der Waals surface area contributed by atoms with Gasteiger partial charge in [0.2, 0.25) is 11.8 Å². The quantitative estimate of drug-likeness (QED) is 0.468. The fourth-order valence-electron chi connectivity index (χ4n) is 2.63. The van der Waals surface area contributed by atoms with Crippen LogP contribution in [0.3, 0.4) is 0 Å². The van der Waals surface area contributed by atoms with Crippen LogP contribution in [0.1, 0.15) is 13.0 Å². The smallest absolute Gasteiger partial charge is 0.327 e. The molecule has 0 aliphatic carbocycles. The molecule has 0 aliphatic heterocycles. The molecule has 0 bridgehead atoms. The lowest BCUT2D eigenvalue weighted by atomic mass is 10.2. The molecule has 3 aromatic heterocycles. The van der Waals surface area contributed by atoms with Crippen LogP contribution in [-0.2, 0) is 0 Å². The van der Waals surface area contributed by atoms with Gasteiger partial charge in [-0.05, 0) is 19.1 Å². The van der Waals surface area contributed by atoms with E-state index < -0.39 is 6.03 Å². The number of benzene rings is 1. The average Bonchev–Trinajstić information content (AvgIpc) is 3.23. The SMILES string of the molecule is CC(CO)n1cnnc1-c1nccc(NC(=O)Nc2ncc3ccccc3n2)n1. The van der Waals surface area contributed by atoms with Gasteiger partial charge in [-0.2, -0.15) is 0 Å². The van der Waals surface area contributed by atoms with Crippen LogP contribution < -0.4 is 10.6 Å². The van der Waals surface area contributed by atoms with Crippen molar-refractivity contribution in [1.82, 2.24) is 34.7 Å². The lowest BCUT2D eigenvalue weighted by molar-refractivity contribution is 0.239. The van der Waals surface area contributed by atoms with E-state index in [-0.39, 0.29) is 30.2 Å². The van der Waals surface area contributed by atoms with Crippen LogP contribution in [0, 0.1) is 0 Å². The summed E-state index contributed by atoms with van der Waals surface area (Å²) < 4.78 is 1.65. The highest BCUT2D eigenvalue weighted by atomic mass is 16.3. The lowest BCUT2D eigenvalue weighted by Gasteiger charge is -2.12. The van der Waals surface area contributed by atoms with E-state index in [4.69, 9.17) is 0 Å². The Morgan fingerprint density at radius 3 is 2.90 bits per heavy atom. The molecule has 4 rings (SSSR count). The zero-order valence-electron chi connectivity index (χ0n) is 15.4. The van der Waals surface area contributed by atoms with Crippen LogP contribution in [-0.4, -0.2) is 52.4 Å². The summed E-state index contributed by atoms with van der Waals surface area (Å²) >= 11 is 0. The number of anilines is 2. The molecule has 11 nitrogen and oxygen atoms in total. The molecule has 1 atom stereocenters. The molecule has 0 aliphatic rings. The average molecular weight is 391 g/mol. The number of aliphatic hydroxyl groups is 1. The third-order valence-corrected chi connectivity index (χ3v) is 4.12. The van der Waals surface area contributed by atoms with Crippen molar-refractivity contribution in [3.63, 3.8) is 0 Å². The molecule has 4 aromatic rings. The highest BCUT2D eigenvalue weighted by Gasteiger charge is 2.15. The van der Waals surface area contributed by atoms with Crippen molar-refractivity contribution >= 4 is 28.7 Å². The van der Waals surface area contributed by atoms with E-state index in [1.165, 1.54) is 12.5 Å². The Morgan fingerprint density at radius 2 is 2.03 bits per heavy atom. The lowest BCUT2D eigenvalue weighted by Crippen LogP contribution is -2.21. The van der Waals surface area contributed by atoms with E-state index in [9.17, 15) is 9.90 Å². The Bertz CT molecular complexity index is 1160. The summed E-state index contributed by atoms with van der Waals surface area (Å²) in [6.07, 6.45) is 4.62. The van der Waals surface area contributed by atoms with Crippen LogP contribution in [0.5, 0.6) is 0 Å². The fourth-order valence-corrected chi connectivity index (χ4v) is 2.63. The first-order valence-electron chi connectivity index (χ1n) is 8.77. The van der Waals surface area contributed by atoms with Crippen LogP contribution >= 0.6 is 0 Å². The highest BCUT2D eigenvalue weighted by Crippen LogP contribution is 2.18. The standard InChI is InChI=1S/C18H17N9O2/c1-11(9-28)27-10-21-26-16(27)15-19-7-6-14(23-15)24-18(29)25-17-20-8-12-4-2-3-5-13(12)22-17/h2-8,10-11,28H,9H2,1H3,(H2,19,20,22,23,24,25,29). The Labute approximate surface area is 164 Å². The van der Waals surface area contributed by atoms with Gasteiger partial charge in [0.05, 0.1) is 18.2 Å². The zero-order chi connectivity index (χ0) is 20.2. The van der Waals surface area contributed by atoms with E-state index in [2.05, 4.69) is 40.8 Å². The molecule has 3 heterocycles. The predicted octanol–water partition coefficient (Wildman–Crippen LogP) is 1.88. The van der Waals surface area contributed by atoms with Crippen LogP contribution in [0.2, 0.25) is 0 Å². The van der Waals surface area contributed by atoms with Gasteiger partial charge < -0.3 is 9.67 Å². The molecule has 3 N–H and O–H groups in total. The van der Waals surface area contributed by atoms with Crippen LogP contribution in [0.4, 0.5) is 16.6 Å². The highest BCUT2D eigenvalue weighted by molar-refractivity contribution is 5.98. The molecule has 0 saturated carbocycles. The number of para-hydroxylation sites is 1. The maximum atomic E-state index is 12.3. The number of urea groups is 1. The van der Waals surface area contributed by atoms with E-state index in [1.807, 2.05) is 31.2 Å². The van der Waals surface area contributed by atoms with E-state index in [0.29, 0.717) is 5.82 Å². The number of nitrogens with zero attached hydrogens (tertiary/aromatic N) is 7. The van der Waals surface area contributed by atoms with Crippen LogP contribution in [0.25, 0.3) is 22.6 Å². The molecule has 1 aromatic carbocycles. The number of amides is 2. The molecule has 2 amide bonds. The third kappa shape index (κ3) is 3.99. The second-order valence-corrected chi connectivity index (χ2v) is 6.19.